The highest BCUT2D eigenvalue weighted by Crippen LogP contribution is 2.38. The summed E-state index contributed by atoms with van der Waals surface area (Å²) in [6, 6.07) is 21.2. The van der Waals surface area contributed by atoms with E-state index >= 15 is 0 Å². The molecule has 0 saturated heterocycles. The highest BCUT2D eigenvalue weighted by molar-refractivity contribution is 5.75. The molecule has 0 aromatic heterocycles. The van der Waals surface area contributed by atoms with E-state index in [4.69, 9.17) is 14.2 Å². The molecule has 6 heteroatoms. The molecule has 168 valence electrons. The lowest BCUT2D eigenvalue weighted by atomic mass is 9.98. The molecule has 0 aliphatic carbocycles. The number of ether oxygens (including phenoxy) is 3. The van der Waals surface area contributed by atoms with E-state index in [0.29, 0.717) is 30.4 Å². The SMILES string of the molecule is CCOc1c(OC)cc(CNC(=O)NC(c2ccccc2)c2ccc(C)cc2)cc1OC. The third kappa shape index (κ3) is 5.72. The van der Waals surface area contributed by atoms with Gasteiger partial charge in [-0.15, -0.1) is 0 Å². The maximum absolute atomic E-state index is 12.8. The fourth-order valence-corrected chi connectivity index (χ4v) is 3.45. The first-order valence-electron chi connectivity index (χ1n) is 10.6. The third-order valence-electron chi connectivity index (χ3n) is 5.08. The molecule has 6 nitrogen and oxygen atoms in total. The van der Waals surface area contributed by atoms with Crippen molar-refractivity contribution in [3.8, 4) is 17.2 Å². The number of benzene rings is 3. The van der Waals surface area contributed by atoms with Crippen LogP contribution in [0.3, 0.4) is 0 Å². The van der Waals surface area contributed by atoms with Crippen molar-refractivity contribution in [1.29, 1.82) is 0 Å². The van der Waals surface area contributed by atoms with Crippen molar-refractivity contribution in [3.05, 3.63) is 89.0 Å². The first-order valence-corrected chi connectivity index (χ1v) is 10.6. The first kappa shape index (κ1) is 23.0. The first-order chi connectivity index (χ1) is 15.5. The van der Waals surface area contributed by atoms with E-state index in [1.165, 1.54) is 5.56 Å². The van der Waals surface area contributed by atoms with E-state index in [9.17, 15) is 4.79 Å². The topological polar surface area (TPSA) is 68.8 Å². The Bertz CT molecular complexity index is 995. The van der Waals surface area contributed by atoms with E-state index in [-0.39, 0.29) is 12.1 Å². The lowest BCUT2D eigenvalue weighted by molar-refractivity contribution is 0.238. The minimum Gasteiger partial charge on any atom is -0.493 e. The Labute approximate surface area is 189 Å². The molecule has 0 radical (unpaired) electrons. The predicted molar refractivity (Wildman–Crippen MR) is 126 cm³/mol. The number of carbonyl (C=O) groups is 1. The van der Waals surface area contributed by atoms with Crippen LogP contribution in [0.1, 0.15) is 35.2 Å². The van der Waals surface area contributed by atoms with E-state index in [0.717, 1.165) is 16.7 Å². The van der Waals surface area contributed by atoms with Crippen LogP contribution in [0.2, 0.25) is 0 Å². The minimum absolute atomic E-state index is 0.263. The summed E-state index contributed by atoms with van der Waals surface area (Å²) in [5.74, 6) is 1.67. The molecular weight excluding hydrogens is 404 g/mol. The molecule has 32 heavy (non-hydrogen) atoms. The van der Waals surface area contributed by atoms with Gasteiger partial charge in [0.1, 0.15) is 0 Å². The number of nitrogens with one attached hydrogen (secondary N) is 2. The number of hydrogen-bond donors (Lipinski definition) is 2. The summed E-state index contributed by atoms with van der Waals surface area (Å²) in [5.41, 5.74) is 4.03. The van der Waals surface area contributed by atoms with Crippen molar-refractivity contribution in [2.75, 3.05) is 20.8 Å². The molecule has 1 unspecified atom stereocenters. The summed E-state index contributed by atoms with van der Waals surface area (Å²) in [4.78, 5) is 12.8. The Morgan fingerprint density at radius 2 is 1.50 bits per heavy atom. The van der Waals surface area contributed by atoms with Crippen LogP contribution in [-0.2, 0) is 6.54 Å². The standard InChI is InChI=1S/C26H30N2O4/c1-5-32-25-22(30-3)15-19(16-23(25)31-4)17-27-26(29)28-24(20-9-7-6-8-10-20)21-13-11-18(2)12-14-21/h6-16,24H,5,17H2,1-4H3,(H2,27,28,29). The van der Waals surface area contributed by atoms with Crippen molar-refractivity contribution >= 4 is 6.03 Å². The van der Waals surface area contributed by atoms with Crippen LogP contribution in [0.4, 0.5) is 4.79 Å². The summed E-state index contributed by atoms with van der Waals surface area (Å²) in [7, 11) is 3.15. The second kappa shape index (κ2) is 11.1. The zero-order valence-electron chi connectivity index (χ0n) is 19.0. The highest BCUT2D eigenvalue weighted by Gasteiger charge is 2.18. The smallest absolute Gasteiger partial charge is 0.315 e. The summed E-state index contributed by atoms with van der Waals surface area (Å²) >= 11 is 0. The number of urea groups is 1. The monoisotopic (exact) mass is 434 g/mol. The van der Waals surface area contributed by atoms with E-state index in [1.807, 2.05) is 80.6 Å². The number of rotatable bonds is 9. The van der Waals surface area contributed by atoms with Gasteiger partial charge in [0, 0.05) is 6.54 Å². The maximum Gasteiger partial charge on any atom is 0.315 e. The van der Waals surface area contributed by atoms with Gasteiger partial charge in [0.2, 0.25) is 5.75 Å². The van der Waals surface area contributed by atoms with Gasteiger partial charge in [0.05, 0.1) is 26.9 Å². The molecule has 0 fully saturated rings. The van der Waals surface area contributed by atoms with Gasteiger partial charge in [0.15, 0.2) is 11.5 Å². The molecule has 0 aliphatic rings. The van der Waals surface area contributed by atoms with Gasteiger partial charge in [-0.1, -0.05) is 60.2 Å². The van der Waals surface area contributed by atoms with Gasteiger partial charge in [-0.25, -0.2) is 4.79 Å². The van der Waals surface area contributed by atoms with E-state index < -0.39 is 0 Å². The van der Waals surface area contributed by atoms with Gasteiger partial charge in [-0.3, -0.25) is 0 Å². The number of amides is 2. The lowest BCUT2D eigenvalue weighted by Gasteiger charge is -2.21. The maximum atomic E-state index is 12.8. The molecule has 0 bridgehead atoms. The predicted octanol–water partition coefficient (Wildman–Crippen LogP) is 5.00. The van der Waals surface area contributed by atoms with E-state index in [2.05, 4.69) is 10.6 Å². The Hall–Kier alpha value is -3.67. The van der Waals surface area contributed by atoms with Gasteiger partial charge >= 0.3 is 6.03 Å². The Morgan fingerprint density at radius 3 is 2.06 bits per heavy atom. The zero-order valence-corrected chi connectivity index (χ0v) is 19.0. The second-order valence-electron chi connectivity index (χ2n) is 7.34. The van der Waals surface area contributed by atoms with Gasteiger partial charge in [-0.2, -0.15) is 0 Å². The van der Waals surface area contributed by atoms with Gasteiger partial charge in [0.25, 0.3) is 0 Å². The quantitative estimate of drug-likeness (QED) is 0.497. The Morgan fingerprint density at radius 1 is 0.906 bits per heavy atom. The Balaban J connectivity index is 1.75. The molecule has 0 spiro atoms. The number of aryl methyl sites for hydroxylation is 1. The molecule has 2 N–H and O–H groups in total. The average Bonchev–Trinajstić information content (AvgIpc) is 2.83. The lowest BCUT2D eigenvalue weighted by Crippen LogP contribution is -2.38. The van der Waals surface area contributed by atoms with Crippen molar-refractivity contribution in [2.24, 2.45) is 0 Å². The zero-order chi connectivity index (χ0) is 22.9. The van der Waals surface area contributed by atoms with Crippen LogP contribution >= 0.6 is 0 Å². The van der Waals surface area contributed by atoms with Crippen molar-refractivity contribution in [2.45, 2.75) is 26.4 Å². The van der Waals surface area contributed by atoms with Crippen LogP contribution < -0.4 is 24.8 Å². The van der Waals surface area contributed by atoms with E-state index in [1.54, 1.807) is 14.2 Å². The Kier molecular flexibility index (Phi) is 7.97. The molecule has 1 atom stereocenters. The molecular formula is C26H30N2O4. The molecule has 0 heterocycles. The highest BCUT2D eigenvalue weighted by atomic mass is 16.5. The number of methoxy groups -OCH3 is 2. The van der Waals surface area contributed by atoms with Crippen molar-refractivity contribution < 1.29 is 19.0 Å². The van der Waals surface area contributed by atoms with Crippen LogP contribution in [0.5, 0.6) is 17.2 Å². The van der Waals surface area contributed by atoms with Gasteiger partial charge < -0.3 is 24.8 Å². The van der Waals surface area contributed by atoms with Crippen LogP contribution in [0, 0.1) is 6.92 Å². The summed E-state index contributed by atoms with van der Waals surface area (Å²) in [6.45, 7) is 4.74. The number of hydrogen-bond acceptors (Lipinski definition) is 4. The summed E-state index contributed by atoms with van der Waals surface area (Å²) in [6.07, 6.45) is 0. The van der Waals surface area contributed by atoms with Crippen LogP contribution in [0.15, 0.2) is 66.7 Å². The third-order valence-corrected chi connectivity index (χ3v) is 5.08. The molecule has 3 rings (SSSR count). The second-order valence-corrected chi connectivity index (χ2v) is 7.34. The van der Waals surface area contributed by atoms with Crippen molar-refractivity contribution in [1.82, 2.24) is 10.6 Å². The van der Waals surface area contributed by atoms with Crippen LogP contribution in [-0.4, -0.2) is 26.9 Å². The fourth-order valence-electron chi connectivity index (χ4n) is 3.45. The molecule has 0 aliphatic heterocycles. The molecule has 3 aromatic carbocycles. The minimum atomic E-state index is -0.272. The van der Waals surface area contributed by atoms with Crippen molar-refractivity contribution in [3.63, 3.8) is 0 Å². The molecule has 3 aromatic rings. The molecule has 0 saturated carbocycles. The largest absolute Gasteiger partial charge is 0.493 e. The summed E-state index contributed by atoms with van der Waals surface area (Å²) < 4.78 is 16.5. The normalized spacial score (nSPS) is 11.4. The fraction of sp³-hybridized carbons (Fsp3) is 0.269. The summed E-state index contributed by atoms with van der Waals surface area (Å²) in [5, 5.41) is 6.02. The number of carbonyl (C=O) groups excluding carboxylic acids is 1. The molecule has 2 amide bonds. The van der Waals surface area contributed by atoms with Gasteiger partial charge in [-0.05, 0) is 42.7 Å². The average molecular weight is 435 g/mol. The van der Waals surface area contributed by atoms with Crippen LogP contribution in [0.25, 0.3) is 0 Å².